The molecule has 0 aromatic heterocycles. The fraction of sp³-hybridized carbons (Fsp3) is 0.500. The van der Waals surface area contributed by atoms with Gasteiger partial charge in [-0.3, -0.25) is 0 Å². The molecule has 0 fully saturated rings. The first kappa shape index (κ1) is 15.1. The van der Waals surface area contributed by atoms with Gasteiger partial charge >= 0.3 is 0 Å². The predicted molar refractivity (Wildman–Crippen MR) is 77.8 cm³/mol. The fourth-order valence-corrected chi connectivity index (χ4v) is 1.57. The normalized spacial score (nSPS) is 11.2. The van der Waals surface area contributed by atoms with Gasteiger partial charge < -0.3 is 20.5 Å². The van der Waals surface area contributed by atoms with Gasteiger partial charge in [0.15, 0.2) is 17.5 Å². The quantitative estimate of drug-likeness (QED) is 0.583. The topological polar surface area (TPSA) is 68.9 Å². The third-order valence-corrected chi connectivity index (χ3v) is 2.52. The molecule has 1 aromatic carbocycles. The zero-order valence-corrected chi connectivity index (χ0v) is 11.9. The van der Waals surface area contributed by atoms with Crippen molar-refractivity contribution in [2.45, 2.75) is 26.8 Å². The van der Waals surface area contributed by atoms with Crippen LogP contribution >= 0.6 is 0 Å². The molecule has 0 bridgehead atoms. The molecule has 0 saturated carbocycles. The lowest BCUT2D eigenvalue weighted by Gasteiger charge is -2.10. The minimum Gasteiger partial charge on any atom is -0.493 e. The summed E-state index contributed by atoms with van der Waals surface area (Å²) in [7, 11) is 1.63. The summed E-state index contributed by atoms with van der Waals surface area (Å²) >= 11 is 0. The van der Waals surface area contributed by atoms with Gasteiger partial charge in [-0.2, -0.15) is 0 Å². The van der Waals surface area contributed by atoms with Gasteiger partial charge in [0, 0.05) is 6.54 Å². The average Bonchev–Trinajstić information content (AvgIpc) is 2.44. The minimum atomic E-state index is 0.467. The Hall–Kier alpha value is -1.91. The average molecular weight is 265 g/mol. The van der Waals surface area contributed by atoms with Crippen LogP contribution in [0.3, 0.4) is 0 Å². The number of ether oxygens (including phenoxy) is 2. The number of rotatable bonds is 7. The van der Waals surface area contributed by atoms with Gasteiger partial charge in [-0.15, -0.1) is 0 Å². The first-order valence-corrected chi connectivity index (χ1v) is 6.54. The van der Waals surface area contributed by atoms with Crippen molar-refractivity contribution in [3.8, 4) is 11.5 Å². The first-order chi connectivity index (χ1) is 9.21. The molecule has 0 radical (unpaired) electrons. The van der Waals surface area contributed by atoms with E-state index in [0.29, 0.717) is 19.1 Å². The molecule has 0 amide bonds. The number of guanidine groups is 1. The molecule has 0 aliphatic carbocycles. The molecule has 0 saturated heterocycles. The van der Waals surface area contributed by atoms with Gasteiger partial charge in [0.05, 0.1) is 20.3 Å². The van der Waals surface area contributed by atoms with E-state index in [1.54, 1.807) is 7.11 Å². The Bertz CT molecular complexity index is 419. The molecule has 5 heteroatoms. The van der Waals surface area contributed by atoms with Crippen LogP contribution in [0.2, 0.25) is 0 Å². The van der Waals surface area contributed by atoms with Crippen LogP contribution in [0, 0.1) is 0 Å². The van der Waals surface area contributed by atoms with Crippen molar-refractivity contribution < 1.29 is 9.47 Å². The molecule has 19 heavy (non-hydrogen) atoms. The number of nitrogens with one attached hydrogen (secondary N) is 1. The number of nitrogens with two attached hydrogens (primary N) is 1. The van der Waals surface area contributed by atoms with Gasteiger partial charge in [0.25, 0.3) is 0 Å². The van der Waals surface area contributed by atoms with E-state index in [-0.39, 0.29) is 0 Å². The van der Waals surface area contributed by atoms with E-state index in [1.807, 2.05) is 25.1 Å². The van der Waals surface area contributed by atoms with Crippen LogP contribution < -0.4 is 20.5 Å². The number of aliphatic imine (C=N–C) groups is 1. The Kier molecular flexibility index (Phi) is 6.57. The van der Waals surface area contributed by atoms with E-state index in [2.05, 4.69) is 17.2 Å². The van der Waals surface area contributed by atoms with Crippen LogP contribution in [-0.4, -0.2) is 26.2 Å². The van der Waals surface area contributed by atoms with Gasteiger partial charge in [-0.05, 0) is 31.0 Å². The third kappa shape index (κ3) is 5.07. The SMILES string of the molecule is CCCNC(N)=NCc1ccc(OCC)c(OC)c1. The number of benzene rings is 1. The van der Waals surface area contributed by atoms with Crippen LogP contribution in [0.4, 0.5) is 0 Å². The maximum absolute atomic E-state index is 5.74. The molecule has 0 aliphatic rings. The summed E-state index contributed by atoms with van der Waals surface area (Å²) in [6, 6.07) is 5.77. The zero-order valence-electron chi connectivity index (χ0n) is 11.9. The first-order valence-electron chi connectivity index (χ1n) is 6.54. The lowest BCUT2D eigenvalue weighted by atomic mass is 10.2. The van der Waals surface area contributed by atoms with E-state index in [9.17, 15) is 0 Å². The third-order valence-electron chi connectivity index (χ3n) is 2.52. The van der Waals surface area contributed by atoms with Crippen molar-refractivity contribution in [3.63, 3.8) is 0 Å². The van der Waals surface area contributed by atoms with Crippen molar-refractivity contribution in [1.29, 1.82) is 0 Å². The van der Waals surface area contributed by atoms with Crippen LogP contribution in [0.15, 0.2) is 23.2 Å². The van der Waals surface area contributed by atoms with Crippen molar-refractivity contribution >= 4 is 5.96 Å². The maximum atomic E-state index is 5.74. The Labute approximate surface area is 114 Å². The molecule has 106 valence electrons. The molecule has 0 unspecified atom stereocenters. The van der Waals surface area contributed by atoms with Gasteiger partial charge in [0.1, 0.15) is 0 Å². The highest BCUT2D eigenvalue weighted by Gasteiger charge is 2.04. The second-order valence-electron chi connectivity index (χ2n) is 4.05. The zero-order chi connectivity index (χ0) is 14.1. The van der Waals surface area contributed by atoms with Crippen LogP contribution in [-0.2, 0) is 6.54 Å². The Balaban J connectivity index is 2.69. The van der Waals surface area contributed by atoms with Crippen molar-refractivity contribution in [2.24, 2.45) is 10.7 Å². The van der Waals surface area contributed by atoms with Crippen LogP contribution in [0.1, 0.15) is 25.8 Å². The van der Waals surface area contributed by atoms with Crippen molar-refractivity contribution in [2.75, 3.05) is 20.3 Å². The number of hydrogen-bond acceptors (Lipinski definition) is 3. The van der Waals surface area contributed by atoms with Gasteiger partial charge in [0.2, 0.25) is 0 Å². The van der Waals surface area contributed by atoms with Crippen molar-refractivity contribution in [1.82, 2.24) is 5.32 Å². The summed E-state index contributed by atoms with van der Waals surface area (Å²) in [4.78, 5) is 4.27. The highest BCUT2D eigenvalue weighted by Crippen LogP contribution is 2.28. The van der Waals surface area contributed by atoms with Crippen LogP contribution in [0.25, 0.3) is 0 Å². The highest BCUT2D eigenvalue weighted by molar-refractivity contribution is 5.77. The molecule has 1 rings (SSSR count). The number of nitrogens with zero attached hydrogens (tertiary/aromatic N) is 1. The lowest BCUT2D eigenvalue weighted by molar-refractivity contribution is 0.310. The minimum absolute atomic E-state index is 0.467. The highest BCUT2D eigenvalue weighted by atomic mass is 16.5. The molecule has 0 atom stereocenters. The van der Waals surface area contributed by atoms with Crippen molar-refractivity contribution in [3.05, 3.63) is 23.8 Å². The number of hydrogen-bond donors (Lipinski definition) is 2. The molecule has 0 aliphatic heterocycles. The van der Waals surface area contributed by atoms with E-state index in [1.165, 1.54) is 0 Å². The van der Waals surface area contributed by atoms with E-state index in [4.69, 9.17) is 15.2 Å². The van der Waals surface area contributed by atoms with E-state index in [0.717, 1.165) is 30.0 Å². The molecule has 0 heterocycles. The Morgan fingerprint density at radius 3 is 2.74 bits per heavy atom. The molecule has 3 N–H and O–H groups in total. The second-order valence-corrected chi connectivity index (χ2v) is 4.05. The van der Waals surface area contributed by atoms with Crippen LogP contribution in [0.5, 0.6) is 11.5 Å². The Morgan fingerprint density at radius 1 is 1.32 bits per heavy atom. The predicted octanol–water partition coefficient (Wildman–Crippen LogP) is 1.91. The summed E-state index contributed by atoms with van der Waals surface area (Å²) in [5.41, 5.74) is 6.77. The number of methoxy groups -OCH3 is 1. The molecule has 1 aromatic rings. The summed E-state index contributed by atoms with van der Waals surface area (Å²) in [5, 5.41) is 3.03. The Morgan fingerprint density at radius 2 is 2.11 bits per heavy atom. The lowest BCUT2D eigenvalue weighted by Crippen LogP contribution is -2.32. The molecule has 5 nitrogen and oxygen atoms in total. The monoisotopic (exact) mass is 265 g/mol. The van der Waals surface area contributed by atoms with Gasteiger partial charge in [-0.1, -0.05) is 13.0 Å². The summed E-state index contributed by atoms with van der Waals surface area (Å²) in [6.07, 6.45) is 1.02. The second kappa shape index (κ2) is 8.24. The van der Waals surface area contributed by atoms with Gasteiger partial charge in [-0.25, -0.2) is 4.99 Å². The largest absolute Gasteiger partial charge is 0.493 e. The van der Waals surface area contributed by atoms with E-state index < -0.39 is 0 Å². The maximum Gasteiger partial charge on any atom is 0.188 e. The van der Waals surface area contributed by atoms with E-state index >= 15 is 0 Å². The fourth-order valence-electron chi connectivity index (χ4n) is 1.57. The standard InChI is InChI=1S/C14H23N3O2/c1-4-8-16-14(15)17-10-11-6-7-12(19-5-2)13(9-11)18-3/h6-7,9H,4-5,8,10H2,1-3H3,(H3,15,16,17). The molecule has 0 spiro atoms. The molecular formula is C14H23N3O2. The smallest absolute Gasteiger partial charge is 0.188 e. The summed E-state index contributed by atoms with van der Waals surface area (Å²) in [5.74, 6) is 1.93. The molecular weight excluding hydrogens is 242 g/mol. The summed E-state index contributed by atoms with van der Waals surface area (Å²) < 4.78 is 10.8. The summed E-state index contributed by atoms with van der Waals surface area (Å²) in [6.45, 7) is 5.99.